The van der Waals surface area contributed by atoms with Crippen molar-refractivity contribution in [3.05, 3.63) is 52.3 Å². The van der Waals surface area contributed by atoms with Crippen molar-refractivity contribution in [2.45, 2.75) is 0 Å². The van der Waals surface area contributed by atoms with Crippen molar-refractivity contribution in [3.63, 3.8) is 0 Å². The summed E-state index contributed by atoms with van der Waals surface area (Å²) in [5.41, 5.74) is 1.18. The van der Waals surface area contributed by atoms with Gasteiger partial charge in [-0.2, -0.15) is 0 Å². The Balaban J connectivity index is 2.60. The number of halogens is 2. The third kappa shape index (κ3) is 2.40. The third-order valence-electron chi connectivity index (χ3n) is 2.24. The standard InChI is InChI=1S/C12H7Cl2NO2/c13-9-4-3-7(6-10(9)14)8-2-1-5-15-11(8)12(16)17/h1-6H,(H,16,17). The van der Waals surface area contributed by atoms with Gasteiger partial charge in [-0.15, -0.1) is 0 Å². The van der Waals surface area contributed by atoms with Crippen LogP contribution in [0.1, 0.15) is 10.5 Å². The smallest absolute Gasteiger partial charge is 0.355 e. The normalized spacial score (nSPS) is 10.2. The molecule has 1 aromatic heterocycles. The number of hydrogen-bond donors (Lipinski definition) is 1. The number of carbonyl (C=O) groups is 1. The highest BCUT2D eigenvalue weighted by molar-refractivity contribution is 6.42. The van der Waals surface area contributed by atoms with Gasteiger partial charge < -0.3 is 5.11 Å². The molecule has 1 heterocycles. The van der Waals surface area contributed by atoms with E-state index in [0.29, 0.717) is 21.2 Å². The van der Waals surface area contributed by atoms with Crippen molar-refractivity contribution in [1.29, 1.82) is 0 Å². The van der Waals surface area contributed by atoms with Crippen LogP contribution in [-0.4, -0.2) is 16.1 Å². The topological polar surface area (TPSA) is 50.2 Å². The molecular weight excluding hydrogens is 261 g/mol. The molecule has 1 N–H and O–H groups in total. The molecule has 0 spiro atoms. The monoisotopic (exact) mass is 267 g/mol. The summed E-state index contributed by atoms with van der Waals surface area (Å²) in [4.78, 5) is 14.9. The predicted molar refractivity (Wildman–Crippen MR) is 66.7 cm³/mol. The molecule has 0 atom stereocenters. The number of carboxylic acids is 1. The maximum absolute atomic E-state index is 11.0. The quantitative estimate of drug-likeness (QED) is 0.902. The molecule has 86 valence electrons. The molecule has 5 heteroatoms. The molecule has 0 aliphatic heterocycles. The van der Waals surface area contributed by atoms with E-state index < -0.39 is 5.97 Å². The van der Waals surface area contributed by atoms with Gasteiger partial charge >= 0.3 is 5.97 Å². The first-order valence-electron chi connectivity index (χ1n) is 4.73. The fourth-order valence-corrected chi connectivity index (χ4v) is 1.77. The number of nitrogens with zero attached hydrogens (tertiary/aromatic N) is 1. The van der Waals surface area contributed by atoms with Gasteiger partial charge in [0, 0.05) is 11.8 Å². The highest BCUT2D eigenvalue weighted by Crippen LogP contribution is 2.29. The summed E-state index contributed by atoms with van der Waals surface area (Å²) in [6, 6.07) is 8.29. The van der Waals surface area contributed by atoms with Gasteiger partial charge in [0.1, 0.15) is 0 Å². The van der Waals surface area contributed by atoms with Crippen LogP contribution >= 0.6 is 23.2 Å². The van der Waals surface area contributed by atoms with Crippen molar-refractivity contribution < 1.29 is 9.90 Å². The summed E-state index contributed by atoms with van der Waals surface area (Å²) in [6.45, 7) is 0. The molecule has 3 nitrogen and oxygen atoms in total. The lowest BCUT2D eigenvalue weighted by atomic mass is 10.0. The molecule has 0 unspecified atom stereocenters. The molecule has 0 fully saturated rings. The van der Waals surface area contributed by atoms with Gasteiger partial charge in [0.25, 0.3) is 0 Å². The first kappa shape index (κ1) is 11.9. The molecule has 1 aromatic carbocycles. The van der Waals surface area contributed by atoms with Crippen LogP contribution in [0, 0.1) is 0 Å². The van der Waals surface area contributed by atoms with E-state index in [4.69, 9.17) is 28.3 Å². The van der Waals surface area contributed by atoms with E-state index in [1.807, 2.05) is 0 Å². The SMILES string of the molecule is O=C(O)c1ncccc1-c1ccc(Cl)c(Cl)c1. The van der Waals surface area contributed by atoms with Crippen LogP contribution < -0.4 is 0 Å². The molecular formula is C12H7Cl2NO2. The van der Waals surface area contributed by atoms with Crippen LogP contribution in [0.15, 0.2) is 36.5 Å². The largest absolute Gasteiger partial charge is 0.476 e. The van der Waals surface area contributed by atoms with Crippen LogP contribution in [0.3, 0.4) is 0 Å². The Labute approximate surface area is 108 Å². The number of pyridine rings is 1. The van der Waals surface area contributed by atoms with Gasteiger partial charge in [0.2, 0.25) is 0 Å². The third-order valence-corrected chi connectivity index (χ3v) is 2.98. The Hall–Kier alpha value is -1.58. The van der Waals surface area contributed by atoms with Crippen LogP contribution in [0.2, 0.25) is 10.0 Å². The van der Waals surface area contributed by atoms with Crippen LogP contribution in [0.25, 0.3) is 11.1 Å². The van der Waals surface area contributed by atoms with Crippen molar-refractivity contribution in [2.24, 2.45) is 0 Å². The second kappa shape index (κ2) is 4.73. The molecule has 2 aromatic rings. The lowest BCUT2D eigenvalue weighted by Crippen LogP contribution is -2.02. The van der Waals surface area contributed by atoms with Gasteiger partial charge in [-0.25, -0.2) is 9.78 Å². The van der Waals surface area contributed by atoms with E-state index in [0.717, 1.165) is 0 Å². The molecule has 0 aliphatic carbocycles. The van der Waals surface area contributed by atoms with E-state index >= 15 is 0 Å². The fraction of sp³-hybridized carbons (Fsp3) is 0. The minimum absolute atomic E-state index is 0.00844. The van der Waals surface area contributed by atoms with Crippen molar-refractivity contribution in [1.82, 2.24) is 4.98 Å². The zero-order valence-corrected chi connectivity index (χ0v) is 10.0. The molecule has 0 saturated heterocycles. The number of carboxylic acid groups (broad SMARTS) is 1. The van der Waals surface area contributed by atoms with Crippen LogP contribution in [-0.2, 0) is 0 Å². The highest BCUT2D eigenvalue weighted by Gasteiger charge is 2.13. The summed E-state index contributed by atoms with van der Waals surface area (Å²) in [6.07, 6.45) is 1.43. The number of rotatable bonds is 2. The first-order chi connectivity index (χ1) is 8.09. The van der Waals surface area contributed by atoms with Gasteiger partial charge in [0.15, 0.2) is 5.69 Å². The molecule has 2 rings (SSSR count). The second-order valence-corrected chi connectivity index (χ2v) is 4.15. The minimum atomic E-state index is -1.08. The van der Waals surface area contributed by atoms with Gasteiger partial charge in [0.05, 0.1) is 10.0 Å². The maximum Gasteiger partial charge on any atom is 0.355 e. The van der Waals surface area contributed by atoms with Gasteiger partial charge in [-0.1, -0.05) is 35.3 Å². The summed E-state index contributed by atoms with van der Waals surface area (Å²) >= 11 is 11.7. The second-order valence-electron chi connectivity index (χ2n) is 3.33. The lowest BCUT2D eigenvalue weighted by Gasteiger charge is -2.06. The zero-order chi connectivity index (χ0) is 12.4. The van der Waals surface area contributed by atoms with E-state index in [2.05, 4.69) is 4.98 Å². The van der Waals surface area contributed by atoms with Crippen molar-refractivity contribution >= 4 is 29.2 Å². The molecule has 0 radical (unpaired) electrons. The fourth-order valence-electron chi connectivity index (χ4n) is 1.47. The number of benzene rings is 1. The number of aromatic carboxylic acids is 1. The summed E-state index contributed by atoms with van der Waals surface area (Å²) < 4.78 is 0. The lowest BCUT2D eigenvalue weighted by molar-refractivity contribution is 0.0691. The Morgan fingerprint density at radius 3 is 2.59 bits per heavy atom. The Kier molecular flexibility index (Phi) is 3.31. The predicted octanol–water partition coefficient (Wildman–Crippen LogP) is 3.75. The maximum atomic E-state index is 11.0. The molecule has 0 aliphatic rings. The van der Waals surface area contributed by atoms with Crippen LogP contribution in [0.4, 0.5) is 0 Å². The van der Waals surface area contributed by atoms with E-state index in [1.54, 1.807) is 30.3 Å². The van der Waals surface area contributed by atoms with Crippen molar-refractivity contribution in [3.8, 4) is 11.1 Å². The number of aromatic nitrogens is 1. The van der Waals surface area contributed by atoms with E-state index in [9.17, 15) is 4.79 Å². The van der Waals surface area contributed by atoms with Crippen molar-refractivity contribution in [2.75, 3.05) is 0 Å². The van der Waals surface area contributed by atoms with E-state index in [1.165, 1.54) is 6.20 Å². The highest BCUT2D eigenvalue weighted by atomic mass is 35.5. The average Bonchev–Trinajstić information content (AvgIpc) is 2.32. The zero-order valence-electron chi connectivity index (χ0n) is 8.52. The van der Waals surface area contributed by atoms with Gasteiger partial charge in [-0.3, -0.25) is 0 Å². The Morgan fingerprint density at radius 1 is 1.18 bits per heavy atom. The van der Waals surface area contributed by atoms with E-state index in [-0.39, 0.29) is 5.69 Å². The molecule has 0 bridgehead atoms. The molecule has 0 amide bonds. The molecule has 17 heavy (non-hydrogen) atoms. The number of hydrogen-bond acceptors (Lipinski definition) is 2. The molecule has 0 saturated carbocycles. The minimum Gasteiger partial charge on any atom is -0.476 e. The Morgan fingerprint density at radius 2 is 1.94 bits per heavy atom. The Bertz CT molecular complexity index is 584. The average molecular weight is 268 g/mol. The summed E-state index contributed by atoms with van der Waals surface area (Å²) in [5, 5.41) is 9.84. The van der Waals surface area contributed by atoms with Crippen LogP contribution in [0.5, 0.6) is 0 Å². The first-order valence-corrected chi connectivity index (χ1v) is 5.49. The summed E-state index contributed by atoms with van der Waals surface area (Å²) in [7, 11) is 0. The van der Waals surface area contributed by atoms with Gasteiger partial charge in [-0.05, 0) is 23.8 Å². The summed E-state index contributed by atoms with van der Waals surface area (Å²) in [5.74, 6) is -1.08.